The highest BCUT2D eigenvalue weighted by Gasteiger charge is 2.16. The number of rotatable bonds is 4. The number of hydrogen-bond donors (Lipinski definition) is 2. The Kier molecular flexibility index (Phi) is 5.09. The summed E-state index contributed by atoms with van der Waals surface area (Å²) in [5.41, 5.74) is 7.17. The first-order chi connectivity index (χ1) is 10.0. The molecular formula is C15H14BrClN2O2. The summed E-state index contributed by atoms with van der Waals surface area (Å²) in [4.78, 5) is 12.4. The van der Waals surface area contributed by atoms with E-state index in [2.05, 4.69) is 21.2 Å². The Hall–Kier alpha value is -1.72. The van der Waals surface area contributed by atoms with Gasteiger partial charge in [0.1, 0.15) is 0 Å². The van der Waals surface area contributed by atoms with Crippen molar-refractivity contribution in [3.63, 3.8) is 0 Å². The monoisotopic (exact) mass is 368 g/mol. The Morgan fingerprint density at radius 3 is 2.81 bits per heavy atom. The molecule has 0 heterocycles. The minimum Gasteiger partial charge on any atom is -0.491 e. The third-order valence-corrected chi connectivity index (χ3v) is 3.56. The van der Waals surface area contributed by atoms with E-state index in [9.17, 15) is 4.79 Å². The molecule has 2 rings (SSSR count). The fourth-order valence-corrected chi connectivity index (χ4v) is 2.54. The molecule has 3 N–H and O–H groups in total. The van der Waals surface area contributed by atoms with Gasteiger partial charge in [-0.05, 0) is 37.3 Å². The number of halogens is 2. The minimum atomic E-state index is -0.324. The molecule has 1 amide bonds. The van der Waals surface area contributed by atoms with Gasteiger partial charge in [-0.1, -0.05) is 33.6 Å². The summed E-state index contributed by atoms with van der Waals surface area (Å²) >= 11 is 9.41. The molecule has 6 heteroatoms. The molecule has 0 spiro atoms. The van der Waals surface area contributed by atoms with Gasteiger partial charge in [-0.15, -0.1) is 0 Å². The summed E-state index contributed by atoms with van der Waals surface area (Å²) in [7, 11) is 0. The topological polar surface area (TPSA) is 64.3 Å². The highest BCUT2D eigenvalue weighted by molar-refractivity contribution is 9.10. The van der Waals surface area contributed by atoms with Crippen LogP contribution >= 0.6 is 27.5 Å². The molecular weight excluding hydrogens is 356 g/mol. The van der Waals surface area contributed by atoms with Gasteiger partial charge in [0.2, 0.25) is 0 Å². The molecule has 4 nitrogen and oxygen atoms in total. The van der Waals surface area contributed by atoms with Crippen LogP contribution in [-0.4, -0.2) is 12.5 Å². The smallest absolute Gasteiger partial charge is 0.259 e. The van der Waals surface area contributed by atoms with E-state index in [-0.39, 0.29) is 5.91 Å². The molecule has 0 fully saturated rings. The Morgan fingerprint density at radius 2 is 2.14 bits per heavy atom. The summed E-state index contributed by atoms with van der Waals surface area (Å²) in [5.74, 6) is 0.0562. The van der Waals surface area contributed by atoms with Crippen LogP contribution in [0.3, 0.4) is 0 Å². The summed E-state index contributed by atoms with van der Waals surface area (Å²) in [6.07, 6.45) is 0. The van der Waals surface area contributed by atoms with Gasteiger partial charge in [0, 0.05) is 4.47 Å². The van der Waals surface area contributed by atoms with E-state index >= 15 is 0 Å². The number of nitrogens with two attached hydrogens (primary N) is 1. The number of ether oxygens (including phenoxy) is 1. The van der Waals surface area contributed by atoms with Gasteiger partial charge < -0.3 is 15.8 Å². The van der Waals surface area contributed by atoms with Crippen molar-refractivity contribution >= 4 is 44.8 Å². The van der Waals surface area contributed by atoms with Gasteiger partial charge in [-0.3, -0.25) is 4.79 Å². The van der Waals surface area contributed by atoms with Gasteiger partial charge in [-0.25, -0.2) is 0 Å². The van der Waals surface area contributed by atoms with Crippen LogP contribution < -0.4 is 15.8 Å². The quantitative estimate of drug-likeness (QED) is 0.788. The van der Waals surface area contributed by atoms with Crippen molar-refractivity contribution in [2.75, 3.05) is 17.7 Å². The highest BCUT2D eigenvalue weighted by Crippen LogP contribution is 2.29. The van der Waals surface area contributed by atoms with Crippen molar-refractivity contribution in [2.45, 2.75) is 6.92 Å². The van der Waals surface area contributed by atoms with E-state index < -0.39 is 0 Å². The van der Waals surface area contributed by atoms with Crippen LogP contribution in [0.4, 0.5) is 11.4 Å². The zero-order valence-electron chi connectivity index (χ0n) is 11.3. The largest absolute Gasteiger partial charge is 0.491 e. The Labute approximate surface area is 136 Å². The second-order valence-electron chi connectivity index (χ2n) is 4.24. The van der Waals surface area contributed by atoms with Crippen LogP contribution in [0.2, 0.25) is 5.02 Å². The zero-order valence-corrected chi connectivity index (χ0v) is 13.7. The van der Waals surface area contributed by atoms with Crippen molar-refractivity contribution in [2.24, 2.45) is 0 Å². The van der Waals surface area contributed by atoms with Gasteiger partial charge >= 0.3 is 0 Å². The molecule has 0 aromatic heterocycles. The van der Waals surface area contributed by atoms with E-state index in [1.807, 2.05) is 6.92 Å². The van der Waals surface area contributed by atoms with Crippen molar-refractivity contribution in [3.8, 4) is 5.75 Å². The number of carbonyl (C=O) groups is 1. The molecule has 0 saturated heterocycles. The zero-order chi connectivity index (χ0) is 15.4. The van der Waals surface area contributed by atoms with Crippen molar-refractivity contribution in [1.82, 2.24) is 0 Å². The highest BCUT2D eigenvalue weighted by atomic mass is 79.9. The van der Waals surface area contributed by atoms with E-state index in [4.69, 9.17) is 22.1 Å². The van der Waals surface area contributed by atoms with Crippen molar-refractivity contribution in [3.05, 3.63) is 51.5 Å². The Balaban J connectivity index is 2.30. The third-order valence-electron chi connectivity index (χ3n) is 2.76. The molecule has 2 aromatic rings. The minimum absolute atomic E-state index is 0.324. The maximum absolute atomic E-state index is 12.4. The second-order valence-corrected chi connectivity index (χ2v) is 5.56. The lowest BCUT2D eigenvalue weighted by Crippen LogP contribution is -2.14. The first kappa shape index (κ1) is 15.7. The van der Waals surface area contributed by atoms with Crippen molar-refractivity contribution < 1.29 is 9.53 Å². The fourth-order valence-electron chi connectivity index (χ4n) is 1.82. The van der Waals surface area contributed by atoms with E-state index in [1.54, 1.807) is 36.4 Å². The van der Waals surface area contributed by atoms with Gasteiger partial charge in [0.05, 0.1) is 28.6 Å². The van der Waals surface area contributed by atoms with Crippen LogP contribution in [0, 0.1) is 0 Å². The molecule has 0 aliphatic carbocycles. The van der Waals surface area contributed by atoms with Crippen LogP contribution in [0.25, 0.3) is 0 Å². The predicted octanol–water partition coefficient (Wildman–Crippen LogP) is 4.34. The van der Waals surface area contributed by atoms with Gasteiger partial charge in [-0.2, -0.15) is 0 Å². The number of carbonyl (C=O) groups excluding carboxylic acids is 1. The molecule has 2 aromatic carbocycles. The van der Waals surface area contributed by atoms with Crippen molar-refractivity contribution in [1.29, 1.82) is 0 Å². The van der Waals surface area contributed by atoms with Gasteiger partial charge in [0.15, 0.2) is 5.75 Å². The molecule has 0 bridgehead atoms. The maximum atomic E-state index is 12.4. The molecule has 21 heavy (non-hydrogen) atoms. The average molecular weight is 370 g/mol. The van der Waals surface area contributed by atoms with E-state index in [0.717, 1.165) is 4.47 Å². The molecule has 0 aliphatic heterocycles. The first-order valence-electron chi connectivity index (χ1n) is 6.30. The normalized spacial score (nSPS) is 10.2. The summed E-state index contributed by atoms with van der Waals surface area (Å²) in [6.45, 7) is 2.26. The SMILES string of the molecule is CCOc1c(N)cccc1C(=O)Nc1ccc(Br)cc1Cl. The van der Waals surface area contributed by atoms with E-state index in [1.165, 1.54) is 0 Å². The molecule has 0 atom stereocenters. The van der Waals surface area contributed by atoms with E-state index in [0.29, 0.717) is 34.3 Å². The number of anilines is 2. The lowest BCUT2D eigenvalue weighted by molar-refractivity contribution is 0.102. The second kappa shape index (κ2) is 6.83. The summed E-state index contributed by atoms with van der Waals surface area (Å²) < 4.78 is 6.29. The molecule has 110 valence electrons. The van der Waals surface area contributed by atoms with Crippen LogP contribution in [0.1, 0.15) is 17.3 Å². The number of para-hydroxylation sites is 1. The number of nitrogens with one attached hydrogen (secondary N) is 1. The lowest BCUT2D eigenvalue weighted by Gasteiger charge is -2.13. The standard InChI is InChI=1S/C15H14BrClN2O2/c1-2-21-14-10(4-3-5-12(14)18)15(20)19-13-7-6-9(16)8-11(13)17/h3-8H,2,18H2,1H3,(H,19,20). The molecule has 0 radical (unpaired) electrons. The maximum Gasteiger partial charge on any atom is 0.259 e. The van der Waals surface area contributed by atoms with Gasteiger partial charge in [0.25, 0.3) is 5.91 Å². The summed E-state index contributed by atoms with van der Waals surface area (Å²) in [6, 6.07) is 10.3. The lowest BCUT2D eigenvalue weighted by atomic mass is 10.1. The first-order valence-corrected chi connectivity index (χ1v) is 7.47. The van der Waals surface area contributed by atoms with Crippen LogP contribution in [0.15, 0.2) is 40.9 Å². The Bertz CT molecular complexity index is 677. The predicted molar refractivity (Wildman–Crippen MR) is 89.1 cm³/mol. The number of nitrogen functional groups attached to an aromatic ring is 1. The van der Waals surface area contributed by atoms with Crippen LogP contribution in [-0.2, 0) is 0 Å². The fraction of sp³-hybridized carbons (Fsp3) is 0.133. The summed E-state index contributed by atoms with van der Waals surface area (Å²) in [5, 5.41) is 3.20. The Morgan fingerprint density at radius 1 is 1.38 bits per heavy atom. The molecule has 0 unspecified atom stereocenters. The number of amides is 1. The number of benzene rings is 2. The molecule has 0 saturated carbocycles. The third kappa shape index (κ3) is 3.68. The average Bonchev–Trinajstić information content (AvgIpc) is 2.44. The molecule has 0 aliphatic rings. The number of hydrogen-bond acceptors (Lipinski definition) is 3. The van der Waals surface area contributed by atoms with Crippen LogP contribution in [0.5, 0.6) is 5.75 Å².